The van der Waals surface area contributed by atoms with Crippen molar-refractivity contribution < 1.29 is 19.1 Å². The van der Waals surface area contributed by atoms with E-state index in [0.717, 1.165) is 10.0 Å². The molecular weight excluding hydrogens is 490 g/mol. The summed E-state index contributed by atoms with van der Waals surface area (Å²) >= 11 is 20.5. The molecule has 0 aliphatic rings. The van der Waals surface area contributed by atoms with Gasteiger partial charge in [0.2, 0.25) is 3.79 Å². The van der Waals surface area contributed by atoms with Gasteiger partial charge in [-0.25, -0.2) is 0 Å². The molecule has 0 saturated heterocycles. The standard InChI is InChI=1S/C20H26BrCl3O4/c1-13(6-5-7-16(25)28-19(2,3)4)17(14-8-10-15(21)11-9-14)18(26)27-12-20(22,23)24/h8-11,13,17H,5-7,12H2,1-4H3/t13-,17+/m1/s1. The van der Waals surface area contributed by atoms with Gasteiger partial charge in [-0.3, -0.25) is 9.59 Å². The number of alkyl halides is 3. The topological polar surface area (TPSA) is 52.6 Å². The second-order valence-electron chi connectivity index (χ2n) is 7.71. The van der Waals surface area contributed by atoms with Crippen LogP contribution in [0, 0.1) is 5.92 Å². The largest absolute Gasteiger partial charge is 0.461 e. The van der Waals surface area contributed by atoms with Crippen LogP contribution in [0.1, 0.15) is 58.4 Å². The van der Waals surface area contributed by atoms with Crippen LogP contribution in [-0.2, 0) is 19.1 Å². The van der Waals surface area contributed by atoms with E-state index in [0.29, 0.717) is 12.8 Å². The van der Waals surface area contributed by atoms with E-state index in [2.05, 4.69) is 15.9 Å². The Kier molecular flexibility index (Phi) is 10.1. The highest BCUT2D eigenvalue weighted by atomic mass is 79.9. The maximum Gasteiger partial charge on any atom is 0.313 e. The van der Waals surface area contributed by atoms with Crippen molar-refractivity contribution in [3.05, 3.63) is 34.3 Å². The van der Waals surface area contributed by atoms with Gasteiger partial charge in [-0.1, -0.05) is 69.8 Å². The molecular formula is C20H26BrCl3O4. The fourth-order valence-electron chi connectivity index (χ4n) is 2.74. The summed E-state index contributed by atoms with van der Waals surface area (Å²) in [6, 6.07) is 7.43. The molecule has 0 bridgehead atoms. The molecule has 0 amide bonds. The number of benzene rings is 1. The van der Waals surface area contributed by atoms with Gasteiger partial charge < -0.3 is 9.47 Å². The molecule has 0 heterocycles. The Labute approximate surface area is 190 Å². The van der Waals surface area contributed by atoms with Gasteiger partial charge in [0, 0.05) is 10.9 Å². The lowest BCUT2D eigenvalue weighted by molar-refractivity contribution is -0.154. The number of esters is 2. The average molecular weight is 517 g/mol. The number of halogens is 4. The zero-order chi connectivity index (χ0) is 21.5. The minimum atomic E-state index is -1.67. The highest BCUT2D eigenvalue weighted by molar-refractivity contribution is 9.10. The molecule has 0 saturated carbocycles. The zero-order valence-corrected chi connectivity index (χ0v) is 20.3. The van der Waals surface area contributed by atoms with Gasteiger partial charge in [-0.05, 0) is 57.2 Å². The van der Waals surface area contributed by atoms with Crippen LogP contribution < -0.4 is 0 Å². The third-order valence-electron chi connectivity index (χ3n) is 3.89. The molecule has 4 nitrogen and oxygen atoms in total. The predicted molar refractivity (Wildman–Crippen MR) is 117 cm³/mol. The molecule has 0 unspecified atom stereocenters. The average Bonchev–Trinajstić information content (AvgIpc) is 2.52. The maximum absolute atomic E-state index is 12.7. The van der Waals surface area contributed by atoms with Crippen molar-refractivity contribution in [3.63, 3.8) is 0 Å². The van der Waals surface area contributed by atoms with E-state index in [4.69, 9.17) is 44.3 Å². The van der Waals surface area contributed by atoms with Crippen LogP contribution in [0.5, 0.6) is 0 Å². The molecule has 0 fully saturated rings. The summed E-state index contributed by atoms with van der Waals surface area (Å²) in [5.74, 6) is -1.32. The predicted octanol–water partition coefficient (Wildman–Crippen LogP) is 6.59. The third kappa shape index (κ3) is 10.3. The second-order valence-corrected chi connectivity index (χ2v) is 11.1. The molecule has 1 rings (SSSR count). The second kappa shape index (κ2) is 11.1. The van der Waals surface area contributed by atoms with Gasteiger partial charge in [0.05, 0.1) is 5.92 Å². The Morgan fingerprint density at radius 1 is 1.11 bits per heavy atom. The molecule has 0 aliphatic heterocycles. The number of carbonyl (C=O) groups is 2. The first-order valence-corrected chi connectivity index (χ1v) is 10.9. The molecule has 1 aromatic rings. The summed E-state index contributed by atoms with van der Waals surface area (Å²) in [6.07, 6.45) is 1.53. The summed E-state index contributed by atoms with van der Waals surface area (Å²) in [6.45, 7) is 7.11. The first-order chi connectivity index (χ1) is 12.8. The Bertz CT molecular complexity index is 651. The van der Waals surface area contributed by atoms with Crippen LogP contribution in [0.4, 0.5) is 0 Å². The number of hydrogen-bond acceptors (Lipinski definition) is 4. The Hall–Kier alpha value is -0.490. The van der Waals surface area contributed by atoms with E-state index in [9.17, 15) is 9.59 Å². The number of hydrogen-bond donors (Lipinski definition) is 0. The van der Waals surface area contributed by atoms with Crippen molar-refractivity contribution in [3.8, 4) is 0 Å². The van der Waals surface area contributed by atoms with Crippen molar-refractivity contribution >= 4 is 62.7 Å². The molecule has 0 spiro atoms. The molecule has 0 N–H and O–H groups in total. The van der Waals surface area contributed by atoms with Gasteiger partial charge in [-0.2, -0.15) is 0 Å². The number of ether oxygens (including phenoxy) is 2. The maximum atomic E-state index is 12.7. The van der Waals surface area contributed by atoms with E-state index in [1.807, 2.05) is 52.0 Å². The van der Waals surface area contributed by atoms with Crippen molar-refractivity contribution in [1.29, 1.82) is 0 Å². The first-order valence-electron chi connectivity index (χ1n) is 8.99. The quantitative estimate of drug-likeness (QED) is 0.289. The molecule has 2 atom stereocenters. The van der Waals surface area contributed by atoms with E-state index in [1.54, 1.807) is 0 Å². The molecule has 0 aromatic heterocycles. The lowest BCUT2D eigenvalue weighted by Crippen LogP contribution is -2.26. The fraction of sp³-hybridized carbons (Fsp3) is 0.600. The highest BCUT2D eigenvalue weighted by Crippen LogP contribution is 2.33. The minimum absolute atomic E-state index is 0.0773. The summed E-state index contributed by atoms with van der Waals surface area (Å²) < 4.78 is 9.79. The molecule has 8 heteroatoms. The molecule has 0 radical (unpaired) electrons. The number of carbonyl (C=O) groups excluding carboxylic acids is 2. The van der Waals surface area contributed by atoms with Crippen LogP contribution in [0.2, 0.25) is 0 Å². The smallest absolute Gasteiger partial charge is 0.313 e. The van der Waals surface area contributed by atoms with Crippen LogP contribution in [-0.4, -0.2) is 27.9 Å². The molecule has 1 aromatic carbocycles. The van der Waals surface area contributed by atoms with Crippen LogP contribution in [0.25, 0.3) is 0 Å². The number of rotatable bonds is 8. The summed E-state index contributed by atoms with van der Waals surface area (Å²) in [7, 11) is 0. The third-order valence-corrected chi connectivity index (χ3v) is 4.75. The van der Waals surface area contributed by atoms with Crippen LogP contribution in [0.3, 0.4) is 0 Å². The minimum Gasteiger partial charge on any atom is -0.461 e. The summed E-state index contributed by atoms with van der Waals surface area (Å²) in [5.41, 5.74) is 0.297. The normalized spacial score (nSPS) is 14.3. The Balaban J connectivity index is 2.79. The van der Waals surface area contributed by atoms with Crippen molar-refractivity contribution in [2.24, 2.45) is 5.92 Å². The van der Waals surface area contributed by atoms with Gasteiger partial charge in [-0.15, -0.1) is 0 Å². The van der Waals surface area contributed by atoms with E-state index < -0.39 is 21.3 Å². The lowest BCUT2D eigenvalue weighted by atomic mass is 9.84. The van der Waals surface area contributed by atoms with Crippen LogP contribution in [0.15, 0.2) is 28.7 Å². The monoisotopic (exact) mass is 514 g/mol. The molecule has 28 heavy (non-hydrogen) atoms. The first kappa shape index (κ1) is 25.5. The van der Waals surface area contributed by atoms with Gasteiger partial charge >= 0.3 is 11.9 Å². The lowest BCUT2D eigenvalue weighted by Gasteiger charge is -2.24. The summed E-state index contributed by atoms with van der Waals surface area (Å²) in [4.78, 5) is 24.6. The SMILES string of the molecule is C[C@H](CCCC(=O)OC(C)(C)C)[C@H](C(=O)OCC(Cl)(Cl)Cl)c1ccc(Br)cc1. The summed E-state index contributed by atoms with van der Waals surface area (Å²) in [5, 5.41) is 0. The Morgan fingerprint density at radius 2 is 1.68 bits per heavy atom. The van der Waals surface area contributed by atoms with Crippen molar-refractivity contribution in [2.75, 3.05) is 6.61 Å². The zero-order valence-electron chi connectivity index (χ0n) is 16.4. The highest BCUT2D eigenvalue weighted by Gasteiger charge is 2.31. The molecule has 158 valence electrons. The van der Waals surface area contributed by atoms with Crippen molar-refractivity contribution in [2.45, 2.75) is 62.3 Å². The van der Waals surface area contributed by atoms with E-state index in [1.165, 1.54) is 0 Å². The van der Waals surface area contributed by atoms with Gasteiger partial charge in [0.1, 0.15) is 12.2 Å². The van der Waals surface area contributed by atoms with E-state index in [-0.39, 0.29) is 24.9 Å². The van der Waals surface area contributed by atoms with E-state index >= 15 is 0 Å². The Morgan fingerprint density at radius 3 is 2.18 bits per heavy atom. The van der Waals surface area contributed by atoms with Crippen molar-refractivity contribution in [1.82, 2.24) is 0 Å². The van der Waals surface area contributed by atoms with Crippen LogP contribution >= 0.6 is 50.7 Å². The van der Waals surface area contributed by atoms with Gasteiger partial charge in [0.15, 0.2) is 0 Å². The van der Waals surface area contributed by atoms with Gasteiger partial charge in [0.25, 0.3) is 0 Å². The fourth-order valence-corrected chi connectivity index (χ4v) is 3.17. The molecule has 0 aliphatic carbocycles.